The van der Waals surface area contributed by atoms with Crippen LogP contribution in [-0.4, -0.2) is 5.67 Å². The Bertz CT molecular complexity index is 127. The van der Waals surface area contributed by atoms with E-state index in [2.05, 4.69) is 20.4 Å². The zero-order chi connectivity index (χ0) is 9.07. The Balaban J connectivity index is 4.21. The maximum Gasteiger partial charge on any atom is 0.128 e. The smallest absolute Gasteiger partial charge is 0.128 e. The molecule has 0 N–H and O–H groups in total. The largest absolute Gasteiger partial charge is 0.239 e. The molecule has 0 radical (unpaired) electrons. The first-order chi connectivity index (χ1) is 4.95. The van der Waals surface area contributed by atoms with Gasteiger partial charge in [0.15, 0.2) is 0 Å². The molecule has 0 aromatic heterocycles. The highest BCUT2D eigenvalue weighted by Crippen LogP contribution is 2.30. The molecule has 11 heavy (non-hydrogen) atoms. The second-order valence-electron chi connectivity index (χ2n) is 3.53. The van der Waals surface area contributed by atoms with Crippen molar-refractivity contribution in [3.63, 3.8) is 0 Å². The Morgan fingerprint density at radius 1 is 1.55 bits per heavy atom. The summed E-state index contributed by atoms with van der Waals surface area (Å²) in [4.78, 5) is 0. The van der Waals surface area contributed by atoms with E-state index >= 15 is 0 Å². The molecular weight excluding hydrogens is 139 g/mol. The number of hydrogen-bond donors (Lipinski definition) is 0. The van der Waals surface area contributed by atoms with Gasteiger partial charge in [-0.25, -0.2) is 4.39 Å². The van der Waals surface area contributed by atoms with Gasteiger partial charge in [-0.3, -0.25) is 0 Å². The Kier molecular flexibility index (Phi) is 3.77. The zero-order valence-electron chi connectivity index (χ0n) is 8.02. The number of rotatable bonds is 4. The van der Waals surface area contributed by atoms with Crippen molar-refractivity contribution in [2.24, 2.45) is 11.8 Å². The van der Waals surface area contributed by atoms with E-state index < -0.39 is 5.67 Å². The molecule has 0 nitrogen and oxygen atoms in total. The van der Waals surface area contributed by atoms with E-state index in [1.54, 1.807) is 6.92 Å². The molecule has 0 heterocycles. The minimum atomic E-state index is -1.21. The molecule has 0 fully saturated rings. The summed E-state index contributed by atoms with van der Waals surface area (Å²) in [5, 5.41) is 0. The first-order valence-corrected chi connectivity index (χ1v) is 4.28. The van der Waals surface area contributed by atoms with Gasteiger partial charge >= 0.3 is 0 Å². The summed E-state index contributed by atoms with van der Waals surface area (Å²) in [5.41, 5.74) is -1.21. The molecule has 0 spiro atoms. The monoisotopic (exact) mass is 158 g/mol. The molecule has 0 saturated carbocycles. The van der Waals surface area contributed by atoms with E-state index in [1.807, 2.05) is 6.92 Å². The van der Waals surface area contributed by atoms with Crippen molar-refractivity contribution >= 4 is 0 Å². The molecule has 0 aliphatic rings. The van der Waals surface area contributed by atoms with E-state index in [-0.39, 0.29) is 5.92 Å². The van der Waals surface area contributed by atoms with E-state index in [0.29, 0.717) is 5.92 Å². The van der Waals surface area contributed by atoms with Crippen molar-refractivity contribution < 1.29 is 4.39 Å². The van der Waals surface area contributed by atoms with Gasteiger partial charge in [0.1, 0.15) is 5.67 Å². The first kappa shape index (κ1) is 10.7. The van der Waals surface area contributed by atoms with Crippen LogP contribution in [0.5, 0.6) is 0 Å². The predicted molar refractivity (Wildman–Crippen MR) is 48.3 cm³/mol. The second-order valence-corrected chi connectivity index (χ2v) is 3.53. The Hall–Kier alpha value is -0.330. The van der Waals surface area contributed by atoms with Crippen LogP contribution < -0.4 is 0 Å². The average molecular weight is 158 g/mol. The van der Waals surface area contributed by atoms with E-state index in [9.17, 15) is 4.39 Å². The molecule has 0 aliphatic heterocycles. The maximum atomic E-state index is 13.5. The van der Waals surface area contributed by atoms with Crippen LogP contribution in [0.15, 0.2) is 12.7 Å². The van der Waals surface area contributed by atoms with Gasteiger partial charge in [0.25, 0.3) is 0 Å². The summed E-state index contributed by atoms with van der Waals surface area (Å²) in [6, 6.07) is 0. The minimum Gasteiger partial charge on any atom is -0.239 e. The summed E-state index contributed by atoms with van der Waals surface area (Å²) in [7, 11) is 0. The fourth-order valence-electron chi connectivity index (χ4n) is 1.10. The molecule has 3 atom stereocenters. The third-order valence-electron chi connectivity index (χ3n) is 2.79. The van der Waals surface area contributed by atoms with Crippen LogP contribution in [0.3, 0.4) is 0 Å². The van der Waals surface area contributed by atoms with Crippen molar-refractivity contribution in [1.82, 2.24) is 0 Å². The fourth-order valence-corrected chi connectivity index (χ4v) is 1.10. The van der Waals surface area contributed by atoms with Gasteiger partial charge in [-0.1, -0.05) is 39.8 Å². The van der Waals surface area contributed by atoms with Gasteiger partial charge in [0.05, 0.1) is 0 Å². The van der Waals surface area contributed by atoms with Crippen LogP contribution in [0.4, 0.5) is 4.39 Å². The third-order valence-corrected chi connectivity index (χ3v) is 2.79. The quantitative estimate of drug-likeness (QED) is 0.548. The van der Waals surface area contributed by atoms with Crippen molar-refractivity contribution in [2.45, 2.75) is 39.8 Å². The third kappa shape index (κ3) is 2.64. The van der Waals surface area contributed by atoms with Crippen molar-refractivity contribution in [3.8, 4) is 0 Å². The average Bonchev–Trinajstić information content (AvgIpc) is 2.01. The van der Waals surface area contributed by atoms with Gasteiger partial charge in [-0.2, -0.15) is 0 Å². The first-order valence-electron chi connectivity index (χ1n) is 4.28. The fraction of sp³-hybridized carbons (Fsp3) is 0.800. The Morgan fingerprint density at radius 2 is 2.00 bits per heavy atom. The van der Waals surface area contributed by atoms with Crippen LogP contribution in [0.25, 0.3) is 0 Å². The highest BCUT2D eigenvalue weighted by molar-refractivity contribution is 4.97. The van der Waals surface area contributed by atoms with Gasteiger partial charge in [-0.15, -0.1) is 0 Å². The topological polar surface area (TPSA) is 0 Å². The molecule has 0 aliphatic carbocycles. The highest BCUT2D eigenvalue weighted by atomic mass is 19.1. The van der Waals surface area contributed by atoms with Gasteiger partial charge in [0, 0.05) is 0 Å². The van der Waals surface area contributed by atoms with Crippen LogP contribution in [0.2, 0.25) is 0 Å². The molecule has 0 aromatic rings. The molecule has 0 rings (SSSR count). The summed E-state index contributed by atoms with van der Waals surface area (Å²) in [6.07, 6.45) is 2.43. The van der Waals surface area contributed by atoms with E-state index in [0.717, 1.165) is 6.42 Å². The lowest BCUT2D eigenvalue weighted by atomic mass is 9.81. The lowest BCUT2D eigenvalue weighted by molar-refractivity contribution is 0.126. The SMILES string of the molecule is C=C[C@](C)(F)[C@@H](C)[C@@H](C)CC. The molecule has 1 heteroatoms. The van der Waals surface area contributed by atoms with Gasteiger partial charge < -0.3 is 0 Å². The van der Waals surface area contributed by atoms with Crippen molar-refractivity contribution in [3.05, 3.63) is 12.7 Å². The summed E-state index contributed by atoms with van der Waals surface area (Å²) < 4.78 is 13.5. The summed E-state index contributed by atoms with van der Waals surface area (Å²) in [6.45, 7) is 11.2. The van der Waals surface area contributed by atoms with Crippen molar-refractivity contribution in [1.29, 1.82) is 0 Å². The number of hydrogen-bond acceptors (Lipinski definition) is 0. The molecule has 0 unspecified atom stereocenters. The summed E-state index contributed by atoms with van der Waals surface area (Å²) >= 11 is 0. The molecule has 0 saturated heterocycles. The highest BCUT2D eigenvalue weighted by Gasteiger charge is 2.30. The maximum absolute atomic E-state index is 13.5. The van der Waals surface area contributed by atoms with Crippen LogP contribution >= 0.6 is 0 Å². The molecule has 0 amide bonds. The lowest BCUT2D eigenvalue weighted by Crippen LogP contribution is -2.29. The van der Waals surface area contributed by atoms with Gasteiger partial charge in [-0.05, 0) is 18.8 Å². The van der Waals surface area contributed by atoms with E-state index in [1.165, 1.54) is 6.08 Å². The Labute approximate surface area is 69.5 Å². The standard InChI is InChI=1S/C10H19F/c1-6-8(3)9(4)10(5,11)7-2/h7-9H,2,6H2,1,3-5H3/t8-,9-,10-/m0/s1. The van der Waals surface area contributed by atoms with Crippen LogP contribution in [0.1, 0.15) is 34.1 Å². The van der Waals surface area contributed by atoms with Gasteiger partial charge in [0.2, 0.25) is 0 Å². The number of halogens is 1. The normalized spacial score (nSPS) is 21.9. The predicted octanol–water partition coefficient (Wildman–Crippen LogP) is 3.58. The zero-order valence-corrected chi connectivity index (χ0v) is 8.02. The lowest BCUT2D eigenvalue weighted by Gasteiger charge is -2.28. The number of alkyl halides is 1. The Morgan fingerprint density at radius 3 is 2.27 bits per heavy atom. The summed E-state index contributed by atoms with van der Waals surface area (Å²) in [5.74, 6) is 0.480. The second kappa shape index (κ2) is 3.89. The molecular formula is C10H19F. The van der Waals surface area contributed by atoms with E-state index in [4.69, 9.17) is 0 Å². The van der Waals surface area contributed by atoms with Crippen molar-refractivity contribution in [2.75, 3.05) is 0 Å². The molecule has 66 valence electrons. The molecule has 0 aromatic carbocycles. The number of allylic oxidation sites excluding steroid dienone is 1. The molecule has 0 bridgehead atoms. The van der Waals surface area contributed by atoms with Crippen LogP contribution in [-0.2, 0) is 0 Å². The minimum absolute atomic E-state index is 0.0602. The van der Waals surface area contributed by atoms with Crippen LogP contribution in [0, 0.1) is 11.8 Å².